The fourth-order valence-corrected chi connectivity index (χ4v) is 14.1. The maximum atomic E-state index is 6.85. The van der Waals surface area contributed by atoms with Gasteiger partial charge in [-0.25, -0.2) is 9.97 Å². The lowest BCUT2D eigenvalue weighted by Gasteiger charge is -2.72. The highest BCUT2D eigenvalue weighted by molar-refractivity contribution is 5.55. The fourth-order valence-electron chi connectivity index (χ4n) is 14.1. The molecule has 0 amide bonds. The second-order valence-corrected chi connectivity index (χ2v) is 19.1. The van der Waals surface area contributed by atoms with E-state index in [4.69, 9.17) is 76.3 Å². The summed E-state index contributed by atoms with van der Waals surface area (Å²) in [7, 11) is 0. The summed E-state index contributed by atoms with van der Waals surface area (Å²) in [5.74, 6) is -2.18. The first kappa shape index (κ1) is 36.9. The third-order valence-electron chi connectivity index (χ3n) is 16.1. The Morgan fingerprint density at radius 1 is 0.400 bits per heavy atom. The molecule has 12 aliphatic heterocycles. The highest BCUT2D eigenvalue weighted by atomic mass is 16.9. The van der Waals surface area contributed by atoms with Gasteiger partial charge in [0.2, 0.25) is 11.8 Å². The van der Waals surface area contributed by atoms with E-state index in [-0.39, 0.29) is 49.8 Å². The molecule has 14 heterocycles. The van der Waals surface area contributed by atoms with Gasteiger partial charge >= 0.3 is 11.9 Å². The Bertz CT molecular complexity index is 1700. The number of ether oxygens (including phenoxy) is 14. The molecule has 6 spiro atoms. The Labute approximate surface area is 347 Å². The standard InChI is InChI=1S/C44H52N2O14/c1-9-27(45-29(11-1)47-25-43-55-31-37(13-3-19-49-37)32(56-43)39(15-5-21-51-39)33(57-43)38(31)14-4-20-50-38)28-10-2-12-30(46-28)48-26-44-58-34-40(16-6-22-52-40)35(59-44)42(18-8-24-54-42)36(60-44)41(34)17-7-23-53-41/h1-2,9-12,31-36H,3-8,13-26H2. The summed E-state index contributed by atoms with van der Waals surface area (Å²) in [5, 5.41) is 0. The van der Waals surface area contributed by atoms with Crippen molar-refractivity contribution in [1.29, 1.82) is 0 Å². The molecule has 14 aliphatic rings. The molecular formula is C44H52N2O14. The Balaban J connectivity index is 0.707. The maximum absolute atomic E-state index is 6.85. The van der Waals surface area contributed by atoms with Gasteiger partial charge in [-0.05, 0) is 89.2 Å². The minimum absolute atomic E-state index is 0.0399. The molecule has 16 heteroatoms. The van der Waals surface area contributed by atoms with E-state index in [2.05, 4.69) is 0 Å². The third-order valence-corrected chi connectivity index (χ3v) is 16.1. The van der Waals surface area contributed by atoms with Crippen molar-refractivity contribution in [2.75, 3.05) is 52.9 Å². The highest BCUT2D eigenvalue weighted by Gasteiger charge is 2.86. The highest BCUT2D eigenvalue weighted by Crippen LogP contribution is 2.68. The molecule has 0 N–H and O–H groups in total. The van der Waals surface area contributed by atoms with Gasteiger partial charge in [-0.2, -0.15) is 0 Å². The molecule has 2 aromatic heterocycles. The molecule has 0 aromatic carbocycles. The zero-order valence-electron chi connectivity index (χ0n) is 33.7. The van der Waals surface area contributed by atoms with E-state index in [9.17, 15) is 0 Å². The van der Waals surface area contributed by atoms with Gasteiger partial charge in [0, 0.05) is 51.8 Å². The third kappa shape index (κ3) is 4.57. The minimum atomic E-state index is -1.46. The lowest BCUT2D eigenvalue weighted by atomic mass is 9.57. The predicted molar refractivity (Wildman–Crippen MR) is 201 cm³/mol. The molecule has 2 aliphatic carbocycles. The van der Waals surface area contributed by atoms with Crippen molar-refractivity contribution < 1.29 is 66.3 Å². The molecule has 0 unspecified atom stereocenters. The Kier molecular flexibility index (Phi) is 7.72. The number of rotatable bonds is 7. The largest absolute Gasteiger partial charge is 0.469 e. The van der Waals surface area contributed by atoms with E-state index in [0.29, 0.717) is 62.8 Å². The van der Waals surface area contributed by atoms with Gasteiger partial charge in [-0.3, -0.25) is 0 Å². The van der Waals surface area contributed by atoms with Crippen LogP contribution in [-0.4, -0.2) is 145 Å². The van der Waals surface area contributed by atoms with Gasteiger partial charge in [-0.15, -0.1) is 0 Å². The van der Waals surface area contributed by atoms with Crippen LogP contribution in [-0.2, 0) is 56.8 Å². The normalized spacial score (nSPS) is 51.3. The maximum Gasteiger partial charge on any atom is 0.320 e. The molecule has 12 saturated heterocycles. The Hall–Kier alpha value is -2.58. The summed E-state index contributed by atoms with van der Waals surface area (Å²) in [6.07, 6.45) is 8.24. The lowest BCUT2D eigenvalue weighted by molar-refractivity contribution is -0.582. The van der Waals surface area contributed by atoms with Crippen LogP contribution in [0.2, 0.25) is 0 Å². The van der Waals surface area contributed by atoms with Crippen LogP contribution in [0.1, 0.15) is 77.0 Å². The summed E-state index contributed by atoms with van der Waals surface area (Å²) in [6, 6.07) is 11.1. The summed E-state index contributed by atoms with van der Waals surface area (Å²) >= 11 is 0. The molecule has 0 radical (unpaired) electrons. The number of hydrogen-bond acceptors (Lipinski definition) is 16. The smallest absolute Gasteiger partial charge is 0.320 e. The number of pyridine rings is 2. The topological polar surface area (TPSA) is 155 Å². The van der Waals surface area contributed by atoms with Crippen molar-refractivity contribution in [1.82, 2.24) is 9.97 Å². The van der Waals surface area contributed by atoms with Crippen LogP contribution in [0.25, 0.3) is 11.4 Å². The minimum Gasteiger partial charge on any atom is -0.469 e. The average molecular weight is 833 g/mol. The first-order valence-corrected chi connectivity index (χ1v) is 22.5. The average Bonchev–Trinajstić information content (AvgIpc) is 4.14. The lowest BCUT2D eigenvalue weighted by Crippen LogP contribution is -2.91. The molecule has 322 valence electrons. The Morgan fingerprint density at radius 3 is 0.900 bits per heavy atom. The van der Waals surface area contributed by atoms with Crippen molar-refractivity contribution >= 4 is 0 Å². The zero-order valence-corrected chi connectivity index (χ0v) is 33.7. The van der Waals surface area contributed by atoms with Crippen LogP contribution in [0.3, 0.4) is 0 Å². The van der Waals surface area contributed by atoms with Gasteiger partial charge in [-0.1, -0.05) is 12.1 Å². The summed E-state index contributed by atoms with van der Waals surface area (Å²) in [6.45, 7) is 3.82. The second-order valence-electron chi connectivity index (χ2n) is 19.1. The SMILES string of the molecule is c1cc(OCC23OC4C5(CCCO5)C(O2)C2(CCCO2)C(O3)C42CCCO2)nc(-c2cccc(OCC34OC5C6(CCCO6)C(O3)C3(CCCO3)C(O4)C53CCCO3)n2)c1. The molecular weight excluding hydrogens is 780 g/mol. The fraction of sp³-hybridized carbons (Fsp3) is 0.773. The van der Waals surface area contributed by atoms with Gasteiger partial charge in [0.25, 0.3) is 0 Å². The van der Waals surface area contributed by atoms with E-state index >= 15 is 0 Å². The molecule has 8 bridgehead atoms. The van der Waals surface area contributed by atoms with E-state index in [1.54, 1.807) is 12.1 Å². The van der Waals surface area contributed by atoms with Crippen molar-refractivity contribution in [3.8, 4) is 23.1 Å². The van der Waals surface area contributed by atoms with Crippen LogP contribution < -0.4 is 9.47 Å². The quantitative estimate of drug-likeness (QED) is 0.396. The molecule has 2 aromatic rings. The molecule has 16 rings (SSSR count). The monoisotopic (exact) mass is 832 g/mol. The zero-order chi connectivity index (χ0) is 39.5. The molecule has 60 heavy (non-hydrogen) atoms. The van der Waals surface area contributed by atoms with E-state index < -0.39 is 45.6 Å². The van der Waals surface area contributed by atoms with E-state index in [1.165, 1.54) is 0 Å². The summed E-state index contributed by atoms with van der Waals surface area (Å²) in [5.41, 5.74) is -2.80. The molecule has 16 nitrogen and oxygen atoms in total. The van der Waals surface area contributed by atoms with Crippen molar-refractivity contribution in [3.05, 3.63) is 36.4 Å². The van der Waals surface area contributed by atoms with Crippen LogP contribution in [0.5, 0.6) is 11.8 Å². The van der Waals surface area contributed by atoms with Crippen LogP contribution >= 0.6 is 0 Å². The first-order chi connectivity index (χ1) is 29.4. The number of aromatic nitrogens is 2. The van der Waals surface area contributed by atoms with E-state index in [1.807, 2.05) is 24.3 Å². The summed E-state index contributed by atoms with van der Waals surface area (Å²) < 4.78 is 93.7. The Morgan fingerprint density at radius 2 is 0.667 bits per heavy atom. The van der Waals surface area contributed by atoms with Crippen molar-refractivity contribution in [2.24, 2.45) is 0 Å². The predicted octanol–water partition coefficient (Wildman–Crippen LogP) is 3.90. The molecule has 14 fully saturated rings. The van der Waals surface area contributed by atoms with E-state index in [0.717, 1.165) is 77.0 Å². The van der Waals surface area contributed by atoms with Gasteiger partial charge < -0.3 is 66.3 Å². The van der Waals surface area contributed by atoms with Gasteiger partial charge in [0.1, 0.15) is 70.2 Å². The molecule has 2 saturated carbocycles. The number of nitrogens with zero attached hydrogens (tertiary/aromatic N) is 2. The second kappa shape index (κ2) is 12.6. The molecule has 0 atom stereocenters. The first-order valence-electron chi connectivity index (χ1n) is 22.5. The van der Waals surface area contributed by atoms with Crippen molar-refractivity contribution in [2.45, 2.75) is 159 Å². The van der Waals surface area contributed by atoms with Crippen LogP contribution in [0, 0.1) is 0 Å². The van der Waals surface area contributed by atoms with Crippen LogP contribution in [0.4, 0.5) is 0 Å². The van der Waals surface area contributed by atoms with Crippen molar-refractivity contribution in [3.63, 3.8) is 0 Å². The van der Waals surface area contributed by atoms with Crippen LogP contribution in [0.15, 0.2) is 36.4 Å². The van der Waals surface area contributed by atoms with Gasteiger partial charge in [0.05, 0.1) is 11.4 Å². The summed E-state index contributed by atoms with van der Waals surface area (Å²) in [4.78, 5) is 9.71. The number of hydrogen-bond donors (Lipinski definition) is 0. The van der Waals surface area contributed by atoms with Gasteiger partial charge in [0.15, 0.2) is 13.2 Å².